The first kappa shape index (κ1) is 13.0. The van der Waals surface area contributed by atoms with Crippen molar-refractivity contribution in [2.75, 3.05) is 29.5 Å². The number of thioether (sulfide) groups is 1. The number of rotatable bonds is 3. The fourth-order valence-corrected chi connectivity index (χ4v) is 3.19. The van der Waals surface area contributed by atoms with Crippen molar-refractivity contribution in [3.8, 4) is 0 Å². The molecular formula is C12H17N3O2S. The second-order valence-corrected chi connectivity index (χ2v) is 5.70. The van der Waals surface area contributed by atoms with Crippen LogP contribution in [0.3, 0.4) is 0 Å². The molecule has 18 heavy (non-hydrogen) atoms. The topological polar surface area (TPSA) is 79.5 Å². The Labute approximate surface area is 110 Å². The molecule has 3 N–H and O–H groups in total. The second kappa shape index (κ2) is 5.48. The van der Waals surface area contributed by atoms with Crippen molar-refractivity contribution in [3.05, 3.63) is 17.8 Å². The van der Waals surface area contributed by atoms with Crippen molar-refractivity contribution >= 4 is 29.2 Å². The van der Waals surface area contributed by atoms with Gasteiger partial charge in [-0.3, -0.25) is 0 Å². The molecule has 5 nitrogen and oxygen atoms in total. The Morgan fingerprint density at radius 3 is 3.11 bits per heavy atom. The van der Waals surface area contributed by atoms with E-state index in [0.717, 1.165) is 25.3 Å². The lowest BCUT2D eigenvalue weighted by atomic mass is 10.2. The fraction of sp³-hybridized carbons (Fsp3) is 0.500. The van der Waals surface area contributed by atoms with Gasteiger partial charge in [0.2, 0.25) is 0 Å². The highest BCUT2D eigenvalue weighted by molar-refractivity contribution is 8.00. The average Bonchev–Trinajstić information content (AvgIpc) is 2.38. The van der Waals surface area contributed by atoms with Crippen LogP contribution in [0.1, 0.15) is 23.7 Å². The third kappa shape index (κ3) is 2.69. The number of pyridine rings is 1. The molecule has 0 aliphatic carbocycles. The fourth-order valence-electron chi connectivity index (χ4n) is 2.01. The van der Waals surface area contributed by atoms with Crippen molar-refractivity contribution in [1.29, 1.82) is 0 Å². The first-order chi connectivity index (χ1) is 8.61. The molecule has 0 spiro atoms. The number of anilines is 2. The van der Waals surface area contributed by atoms with Gasteiger partial charge >= 0.3 is 5.97 Å². The standard InChI is InChI=1S/C12H17N3O2S/c1-2-9-7-15(3-4-18-9)11-10(13)5-8(6-14-11)12(16)17/h5-6,9H,2-4,7,13H2,1H3,(H,16,17). The highest BCUT2D eigenvalue weighted by Gasteiger charge is 2.22. The Morgan fingerprint density at radius 2 is 2.50 bits per heavy atom. The maximum absolute atomic E-state index is 10.8. The summed E-state index contributed by atoms with van der Waals surface area (Å²) in [5, 5.41) is 9.47. The molecule has 0 radical (unpaired) electrons. The Bertz CT molecular complexity index is 453. The molecule has 1 fully saturated rings. The molecule has 1 aliphatic heterocycles. The molecule has 6 heteroatoms. The number of hydrogen-bond donors (Lipinski definition) is 2. The van der Waals surface area contributed by atoms with E-state index in [1.165, 1.54) is 12.3 Å². The van der Waals surface area contributed by atoms with Crippen LogP contribution < -0.4 is 10.6 Å². The highest BCUT2D eigenvalue weighted by Crippen LogP contribution is 2.28. The van der Waals surface area contributed by atoms with E-state index in [1.54, 1.807) is 0 Å². The van der Waals surface area contributed by atoms with Crippen LogP contribution in [-0.4, -0.2) is 40.2 Å². The Kier molecular flexibility index (Phi) is 3.96. The van der Waals surface area contributed by atoms with Gasteiger partial charge in [0.25, 0.3) is 0 Å². The monoisotopic (exact) mass is 267 g/mol. The second-order valence-electron chi connectivity index (χ2n) is 4.29. The van der Waals surface area contributed by atoms with Crippen molar-refractivity contribution in [2.24, 2.45) is 0 Å². The van der Waals surface area contributed by atoms with Gasteiger partial charge < -0.3 is 15.7 Å². The summed E-state index contributed by atoms with van der Waals surface area (Å²) < 4.78 is 0. The van der Waals surface area contributed by atoms with Crippen LogP contribution in [0.2, 0.25) is 0 Å². The van der Waals surface area contributed by atoms with Crippen LogP contribution in [0.5, 0.6) is 0 Å². The minimum Gasteiger partial charge on any atom is -0.478 e. The predicted octanol–water partition coefficient (Wildman–Crippen LogP) is 1.69. The van der Waals surface area contributed by atoms with Crippen LogP contribution in [-0.2, 0) is 0 Å². The van der Waals surface area contributed by atoms with Crippen LogP contribution in [0.4, 0.5) is 11.5 Å². The van der Waals surface area contributed by atoms with Gasteiger partial charge in [0, 0.05) is 30.3 Å². The number of carboxylic acids is 1. The molecule has 0 amide bonds. The maximum Gasteiger partial charge on any atom is 0.337 e. The molecule has 98 valence electrons. The zero-order chi connectivity index (χ0) is 13.1. The molecule has 0 saturated carbocycles. The molecule has 1 aliphatic rings. The normalized spacial score (nSPS) is 19.8. The smallest absolute Gasteiger partial charge is 0.337 e. The van der Waals surface area contributed by atoms with Gasteiger partial charge in [-0.15, -0.1) is 0 Å². The molecular weight excluding hydrogens is 250 g/mol. The summed E-state index contributed by atoms with van der Waals surface area (Å²) in [6.45, 7) is 4.00. The Balaban J connectivity index is 2.20. The van der Waals surface area contributed by atoms with Crippen LogP contribution in [0.25, 0.3) is 0 Å². The molecule has 1 aromatic rings. The van der Waals surface area contributed by atoms with E-state index >= 15 is 0 Å². The number of aromatic nitrogens is 1. The van der Waals surface area contributed by atoms with E-state index < -0.39 is 5.97 Å². The largest absolute Gasteiger partial charge is 0.478 e. The van der Waals surface area contributed by atoms with E-state index in [2.05, 4.69) is 16.8 Å². The zero-order valence-electron chi connectivity index (χ0n) is 10.3. The average molecular weight is 267 g/mol. The lowest BCUT2D eigenvalue weighted by Gasteiger charge is -2.33. The first-order valence-corrected chi connectivity index (χ1v) is 7.02. The zero-order valence-corrected chi connectivity index (χ0v) is 11.1. The van der Waals surface area contributed by atoms with Gasteiger partial charge in [-0.2, -0.15) is 11.8 Å². The molecule has 1 aromatic heterocycles. The van der Waals surface area contributed by atoms with E-state index in [-0.39, 0.29) is 5.56 Å². The van der Waals surface area contributed by atoms with E-state index in [0.29, 0.717) is 16.8 Å². The quantitative estimate of drug-likeness (QED) is 0.867. The van der Waals surface area contributed by atoms with Gasteiger partial charge in [-0.1, -0.05) is 6.92 Å². The number of nitrogens with two attached hydrogens (primary N) is 1. The van der Waals surface area contributed by atoms with Gasteiger partial charge in [-0.25, -0.2) is 9.78 Å². The summed E-state index contributed by atoms with van der Waals surface area (Å²) in [6, 6.07) is 1.48. The van der Waals surface area contributed by atoms with Gasteiger partial charge in [0.15, 0.2) is 5.82 Å². The maximum atomic E-state index is 10.8. The van der Waals surface area contributed by atoms with Crippen LogP contribution >= 0.6 is 11.8 Å². The molecule has 0 bridgehead atoms. The summed E-state index contributed by atoms with van der Waals surface area (Å²) >= 11 is 1.97. The van der Waals surface area contributed by atoms with Crippen molar-refractivity contribution < 1.29 is 9.90 Å². The molecule has 1 atom stereocenters. The third-order valence-corrected chi connectivity index (χ3v) is 4.41. The first-order valence-electron chi connectivity index (χ1n) is 5.97. The minimum absolute atomic E-state index is 0.134. The predicted molar refractivity (Wildman–Crippen MR) is 74.4 cm³/mol. The summed E-state index contributed by atoms with van der Waals surface area (Å²) in [4.78, 5) is 17.2. The van der Waals surface area contributed by atoms with Gasteiger partial charge in [0.05, 0.1) is 11.3 Å². The number of nitrogens with zero attached hydrogens (tertiary/aromatic N) is 2. The number of carbonyl (C=O) groups is 1. The number of aromatic carboxylic acids is 1. The molecule has 0 aromatic carbocycles. The molecule has 1 unspecified atom stereocenters. The molecule has 2 rings (SSSR count). The van der Waals surface area contributed by atoms with Crippen LogP contribution in [0.15, 0.2) is 12.3 Å². The lowest BCUT2D eigenvalue weighted by Crippen LogP contribution is -2.38. The van der Waals surface area contributed by atoms with E-state index in [4.69, 9.17) is 10.8 Å². The lowest BCUT2D eigenvalue weighted by molar-refractivity contribution is 0.0696. The van der Waals surface area contributed by atoms with Crippen molar-refractivity contribution in [3.63, 3.8) is 0 Å². The molecule has 2 heterocycles. The molecule has 1 saturated heterocycles. The van der Waals surface area contributed by atoms with E-state index in [9.17, 15) is 4.79 Å². The Morgan fingerprint density at radius 1 is 1.72 bits per heavy atom. The summed E-state index contributed by atoms with van der Waals surface area (Å²) in [5.41, 5.74) is 6.48. The van der Waals surface area contributed by atoms with E-state index in [1.807, 2.05) is 11.8 Å². The van der Waals surface area contributed by atoms with Crippen molar-refractivity contribution in [2.45, 2.75) is 18.6 Å². The van der Waals surface area contributed by atoms with Gasteiger partial charge in [-0.05, 0) is 12.5 Å². The summed E-state index contributed by atoms with van der Waals surface area (Å²) in [5.74, 6) is 0.764. The number of hydrogen-bond acceptors (Lipinski definition) is 5. The number of carboxylic acid groups (broad SMARTS) is 1. The SMILES string of the molecule is CCC1CN(c2ncc(C(=O)O)cc2N)CCS1. The van der Waals surface area contributed by atoms with Crippen molar-refractivity contribution in [1.82, 2.24) is 4.98 Å². The van der Waals surface area contributed by atoms with Gasteiger partial charge in [0.1, 0.15) is 0 Å². The number of nitrogen functional groups attached to an aromatic ring is 1. The highest BCUT2D eigenvalue weighted by atomic mass is 32.2. The minimum atomic E-state index is -0.999. The van der Waals surface area contributed by atoms with Crippen LogP contribution in [0, 0.1) is 0 Å². The summed E-state index contributed by atoms with van der Waals surface area (Å²) in [7, 11) is 0. The third-order valence-electron chi connectivity index (χ3n) is 3.04. The Hall–Kier alpha value is -1.43. The summed E-state index contributed by atoms with van der Waals surface area (Å²) in [6.07, 6.45) is 2.49.